The topological polar surface area (TPSA) is 70.2 Å². The van der Waals surface area contributed by atoms with Gasteiger partial charge in [-0.15, -0.1) is 11.3 Å². The highest BCUT2D eigenvalue weighted by Gasteiger charge is 2.17. The summed E-state index contributed by atoms with van der Waals surface area (Å²) in [6.07, 6.45) is 3.22. The van der Waals surface area contributed by atoms with Gasteiger partial charge in [0.05, 0.1) is 21.5 Å². The van der Waals surface area contributed by atoms with Crippen LogP contribution in [0.4, 0.5) is 5.69 Å². The number of fused-ring (bicyclic) bond motifs is 1. The summed E-state index contributed by atoms with van der Waals surface area (Å²) >= 11 is 1.66. The number of carbonyl (C=O) groups is 1. The van der Waals surface area contributed by atoms with E-state index in [1.807, 2.05) is 24.3 Å². The van der Waals surface area contributed by atoms with E-state index in [0.717, 1.165) is 59.2 Å². The van der Waals surface area contributed by atoms with E-state index in [9.17, 15) is 4.79 Å². The number of anilines is 1. The third-order valence-electron chi connectivity index (χ3n) is 5.44. The fraction of sp³-hybridized carbons (Fsp3) is 0.208. The zero-order valence-corrected chi connectivity index (χ0v) is 17.9. The van der Waals surface area contributed by atoms with Crippen molar-refractivity contribution < 1.29 is 4.79 Å². The summed E-state index contributed by atoms with van der Waals surface area (Å²) in [4.78, 5) is 24.2. The normalized spacial score (nSPS) is 14.6. The first-order valence-electron chi connectivity index (χ1n) is 10.4. The van der Waals surface area contributed by atoms with Crippen LogP contribution in [0.2, 0.25) is 0 Å². The molecule has 1 amide bonds. The second-order valence-electron chi connectivity index (χ2n) is 7.55. The van der Waals surface area contributed by atoms with Gasteiger partial charge in [-0.3, -0.25) is 14.7 Å². The molecule has 156 valence electrons. The second kappa shape index (κ2) is 8.93. The molecule has 2 aromatic carbocycles. The monoisotopic (exact) mass is 429 g/mol. The highest BCUT2D eigenvalue weighted by atomic mass is 32.1. The van der Waals surface area contributed by atoms with Crippen molar-refractivity contribution in [2.75, 3.05) is 31.5 Å². The first-order valence-corrected chi connectivity index (χ1v) is 11.2. The lowest BCUT2D eigenvalue weighted by Crippen LogP contribution is -2.42. The largest absolute Gasteiger partial charge is 0.321 e. The molecule has 0 spiro atoms. The molecule has 0 unspecified atom stereocenters. The maximum Gasteiger partial charge on any atom is 0.257 e. The van der Waals surface area contributed by atoms with Gasteiger partial charge < -0.3 is 10.6 Å². The number of piperazine rings is 1. The standard InChI is InChI=1S/C24H23N5OS/c30-23(17-6-4-10-26-15-17)27-20-8-2-1-7-19(20)24-28-22-18(5-3-9-21(22)31-24)16-29-13-11-25-12-14-29/h1-10,15,25H,11-14,16H2,(H,27,30). The van der Waals surface area contributed by atoms with Crippen LogP contribution in [0.3, 0.4) is 0 Å². The Kier molecular flexibility index (Phi) is 5.71. The number of nitrogens with one attached hydrogen (secondary N) is 2. The molecular formula is C24H23N5OS. The van der Waals surface area contributed by atoms with Crippen LogP contribution in [0.25, 0.3) is 20.8 Å². The van der Waals surface area contributed by atoms with Crippen LogP contribution in [-0.2, 0) is 6.54 Å². The van der Waals surface area contributed by atoms with Gasteiger partial charge >= 0.3 is 0 Å². The molecule has 0 radical (unpaired) electrons. The number of carbonyl (C=O) groups excluding carboxylic acids is 1. The molecule has 2 aromatic heterocycles. The predicted octanol–water partition coefficient (Wildman–Crippen LogP) is 4.02. The van der Waals surface area contributed by atoms with E-state index in [4.69, 9.17) is 4.98 Å². The van der Waals surface area contributed by atoms with Crippen molar-refractivity contribution in [2.24, 2.45) is 0 Å². The van der Waals surface area contributed by atoms with Crippen LogP contribution in [0.5, 0.6) is 0 Å². The summed E-state index contributed by atoms with van der Waals surface area (Å²) in [7, 11) is 0. The number of aromatic nitrogens is 2. The van der Waals surface area contributed by atoms with Gasteiger partial charge in [0.2, 0.25) is 0 Å². The Balaban J connectivity index is 1.46. The Morgan fingerprint density at radius 1 is 1.06 bits per heavy atom. The molecule has 0 atom stereocenters. The number of amides is 1. The minimum atomic E-state index is -0.180. The molecule has 1 saturated heterocycles. The third-order valence-corrected chi connectivity index (χ3v) is 6.49. The number of thiazole rings is 1. The van der Waals surface area contributed by atoms with Crippen LogP contribution < -0.4 is 10.6 Å². The Labute approximate surface area is 185 Å². The molecule has 1 aliphatic rings. The first-order chi connectivity index (χ1) is 15.3. The van der Waals surface area contributed by atoms with Crippen LogP contribution in [0.15, 0.2) is 67.0 Å². The van der Waals surface area contributed by atoms with Crippen LogP contribution in [0.1, 0.15) is 15.9 Å². The number of hydrogen-bond donors (Lipinski definition) is 2. The SMILES string of the molecule is O=C(Nc1ccccc1-c1nc2c(CN3CCNCC3)cccc2s1)c1cccnc1. The molecule has 6 nitrogen and oxygen atoms in total. The molecule has 7 heteroatoms. The van der Waals surface area contributed by atoms with Crippen molar-refractivity contribution in [2.45, 2.75) is 6.54 Å². The summed E-state index contributed by atoms with van der Waals surface area (Å²) in [6, 6.07) is 17.7. The fourth-order valence-corrected chi connectivity index (χ4v) is 4.88. The lowest BCUT2D eigenvalue weighted by atomic mass is 10.1. The summed E-state index contributed by atoms with van der Waals surface area (Å²) < 4.78 is 1.16. The van der Waals surface area contributed by atoms with E-state index in [1.165, 1.54) is 5.56 Å². The van der Waals surface area contributed by atoms with Gasteiger partial charge in [0.15, 0.2) is 0 Å². The number of pyridine rings is 1. The van der Waals surface area contributed by atoms with Crippen molar-refractivity contribution in [3.63, 3.8) is 0 Å². The van der Waals surface area contributed by atoms with E-state index in [-0.39, 0.29) is 5.91 Å². The molecule has 31 heavy (non-hydrogen) atoms. The quantitative estimate of drug-likeness (QED) is 0.502. The molecule has 0 saturated carbocycles. The van der Waals surface area contributed by atoms with Gasteiger partial charge in [-0.1, -0.05) is 24.3 Å². The Bertz CT molecular complexity index is 1200. The van der Waals surface area contributed by atoms with Crippen molar-refractivity contribution >= 4 is 33.1 Å². The molecule has 3 heterocycles. The molecule has 0 aliphatic carbocycles. The van der Waals surface area contributed by atoms with E-state index in [0.29, 0.717) is 5.56 Å². The van der Waals surface area contributed by atoms with Gasteiger partial charge in [0.25, 0.3) is 5.91 Å². The van der Waals surface area contributed by atoms with E-state index in [1.54, 1.807) is 35.9 Å². The van der Waals surface area contributed by atoms with Gasteiger partial charge in [0.1, 0.15) is 5.01 Å². The number of nitrogens with zero attached hydrogens (tertiary/aromatic N) is 3. The van der Waals surface area contributed by atoms with Crippen molar-refractivity contribution in [1.82, 2.24) is 20.2 Å². The second-order valence-corrected chi connectivity index (χ2v) is 8.58. The van der Waals surface area contributed by atoms with Gasteiger partial charge in [0, 0.05) is 50.7 Å². The zero-order valence-electron chi connectivity index (χ0n) is 17.0. The van der Waals surface area contributed by atoms with Crippen LogP contribution in [-0.4, -0.2) is 47.0 Å². The Hall–Kier alpha value is -3.13. The molecule has 5 rings (SSSR count). The lowest BCUT2D eigenvalue weighted by Gasteiger charge is -2.27. The van der Waals surface area contributed by atoms with E-state index < -0.39 is 0 Å². The third kappa shape index (κ3) is 4.34. The molecule has 2 N–H and O–H groups in total. The van der Waals surface area contributed by atoms with Crippen molar-refractivity contribution in [3.05, 3.63) is 78.1 Å². The molecule has 1 fully saturated rings. The lowest BCUT2D eigenvalue weighted by molar-refractivity contribution is 0.102. The smallest absolute Gasteiger partial charge is 0.257 e. The van der Waals surface area contributed by atoms with E-state index >= 15 is 0 Å². The highest BCUT2D eigenvalue weighted by Crippen LogP contribution is 2.36. The van der Waals surface area contributed by atoms with Crippen LogP contribution >= 0.6 is 11.3 Å². The number of para-hydroxylation sites is 2. The van der Waals surface area contributed by atoms with Gasteiger partial charge in [-0.25, -0.2) is 4.98 Å². The molecule has 0 bridgehead atoms. The average molecular weight is 430 g/mol. The summed E-state index contributed by atoms with van der Waals surface area (Å²) in [5.74, 6) is -0.180. The minimum absolute atomic E-state index is 0.180. The fourth-order valence-electron chi connectivity index (χ4n) is 3.83. The maximum atomic E-state index is 12.7. The van der Waals surface area contributed by atoms with Crippen molar-refractivity contribution in [1.29, 1.82) is 0 Å². The highest BCUT2D eigenvalue weighted by molar-refractivity contribution is 7.21. The number of hydrogen-bond acceptors (Lipinski definition) is 6. The Morgan fingerprint density at radius 3 is 2.77 bits per heavy atom. The maximum absolute atomic E-state index is 12.7. The summed E-state index contributed by atoms with van der Waals surface area (Å²) in [5, 5.41) is 7.33. The van der Waals surface area contributed by atoms with Gasteiger partial charge in [-0.2, -0.15) is 0 Å². The van der Waals surface area contributed by atoms with Crippen molar-refractivity contribution in [3.8, 4) is 10.6 Å². The molecular weight excluding hydrogens is 406 g/mol. The Morgan fingerprint density at radius 2 is 1.94 bits per heavy atom. The zero-order chi connectivity index (χ0) is 21.0. The summed E-state index contributed by atoms with van der Waals surface area (Å²) in [6.45, 7) is 5.07. The average Bonchev–Trinajstić information content (AvgIpc) is 3.26. The van der Waals surface area contributed by atoms with Crippen LogP contribution in [0, 0.1) is 0 Å². The predicted molar refractivity (Wildman–Crippen MR) is 125 cm³/mol. The first kappa shape index (κ1) is 19.8. The number of benzene rings is 2. The molecule has 1 aliphatic heterocycles. The minimum Gasteiger partial charge on any atom is -0.321 e. The van der Waals surface area contributed by atoms with Gasteiger partial charge in [-0.05, 0) is 35.9 Å². The van der Waals surface area contributed by atoms with E-state index in [2.05, 4.69) is 38.7 Å². The summed E-state index contributed by atoms with van der Waals surface area (Å²) in [5.41, 5.74) is 4.50. The molecule has 4 aromatic rings. The number of rotatable bonds is 5.